The van der Waals surface area contributed by atoms with E-state index < -0.39 is 0 Å². The third kappa shape index (κ3) is 6.02. The Morgan fingerprint density at radius 2 is 1.63 bits per heavy atom. The zero-order chi connectivity index (χ0) is 24.0. The van der Waals surface area contributed by atoms with Gasteiger partial charge in [0.2, 0.25) is 11.1 Å². The Labute approximate surface area is 211 Å². The van der Waals surface area contributed by atoms with Crippen LogP contribution in [0, 0.1) is 6.92 Å². The molecule has 9 heteroatoms. The van der Waals surface area contributed by atoms with Crippen LogP contribution < -0.4 is 10.2 Å². The highest BCUT2D eigenvalue weighted by atomic mass is 32.2. The molecule has 0 unspecified atom stereocenters. The number of thioether (sulfide) groups is 1. The zero-order valence-electron chi connectivity index (χ0n) is 20.3. The number of amides is 1. The van der Waals surface area contributed by atoms with Crippen LogP contribution in [-0.4, -0.2) is 69.0 Å². The quantitative estimate of drug-likeness (QED) is 0.497. The van der Waals surface area contributed by atoms with Crippen molar-refractivity contribution < 1.29 is 4.79 Å². The lowest BCUT2D eigenvalue weighted by Gasteiger charge is -2.41. The van der Waals surface area contributed by atoms with Gasteiger partial charge in [-0.3, -0.25) is 9.69 Å². The molecule has 1 aromatic heterocycles. The maximum Gasteiger partial charge on any atom is 0.234 e. The van der Waals surface area contributed by atoms with Gasteiger partial charge in [-0.15, -0.1) is 5.10 Å². The van der Waals surface area contributed by atoms with E-state index in [-0.39, 0.29) is 11.7 Å². The minimum Gasteiger partial charge on any atom is -0.369 e. The highest BCUT2D eigenvalue weighted by Crippen LogP contribution is 2.26. The first kappa shape index (κ1) is 23.8. The first-order chi connectivity index (χ1) is 17.2. The second-order valence-corrected chi connectivity index (χ2v) is 10.3. The molecule has 184 valence electrons. The molecule has 2 aromatic carbocycles. The molecule has 8 nitrogen and oxygen atoms in total. The fraction of sp³-hybridized carbons (Fsp3) is 0.462. The second kappa shape index (κ2) is 11.2. The van der Waals surface area contributed by atoms with Crippen molar-refractivity contribution >= 4 is 29.0 Å². The molecule has 2 aliphatic rings. The third-order valence-corrected chi connectivity index (χ3v) is 7.89. The van der Waals surface area contributed by atoms with E-state index >= 15 is 0 Å². The van der Waals surface area contributed by atoms with Crippen molar-refractivity contribution in [3.05, 3.63) is 54.1 Å². The van der Waals surface area contributed by atoms with Crippen molar-refractivity contribution in [1.82, 2.24) is 25.1 Å². The average Bonchev–Trinajstić information content (AvgIpc) is 3.38. The summed E-state index contributed by atoms with van der Waals surface area (Å²) in [7, 11) is 0. The van der Waals surface area contributed by atoms with Gasteiger partial charge in [-0.25, -0.2) is 0 Å². The van der Waals surface area contributed by atoms with E-state index in [0.29, 0.717) is 5.16 Å². The summed E-state index contributed by atoms with van der Waals surface area (Å²) in [6.07, 6.45) is 6.92. The molecule has 0 radical (unpaired) electrons. The standard InChI is InChI=1S/C26H33N7OS/c1-20-7-11-24(12-8-20)33-26(28-29-30-33)35-19-25(34)27-21-9-13-23(14-10-21)32-17-15-31(16-18-32)22-5-3-2-4-6-22/h7-14,22H,2-6,15-19H2,1H3,(H,27,34). The SMILES string of the molecule is Cc1ccc(-n2nnnc2SCC(=O)Nc2ccc(N3CCN(C4CCCCC4)CC3)cc2)cc1. The van der Waals surface area contributed by atoms with E-state index in [2.05, 4.69) is 42.8 Å². The average molecular weight is 492 g/mol. The molecule has 35 heavy (non-hydrogen) atoms. The van der Waals surface area contributed by atoms with Crippen molar-refractivity contribution in [2.45, 2.75) is 50.2 Å². The molecule has 0 spiro atoms. The van der Waals surface area contributed by atoms with Crippen molar-refractivity contribution in [1.29, 1.82) is 0 Å². The fourth-order valence-electron chi connectivity index (χ4n) is 4.99. The van der Waals surface area contributed by atoms with E-state index in [1.807, 2.05) is 43.3 Å². The minimum atomic E-state index is -0.0812. The van der Waals surface area contributed by atoms with E-state index in [0.717, 1.165) is 43.6 Å². The maximum absolute atomic E-state index is 12.5. The van der Waals surface area contributed by atoms with Gasteiger partial charge in [0.25, 0.3) is 0 Å². The van der Waals surface area contributed by atoms with Crippen LogP contribution in [0.15, 0.2) is 53.7 Å². The molecule has 1 saturated carbocycles. The Balaban J connectivity index is 1.10. The van der Waals surface area contributed by atoms with Crippen LogP contribution in [-0.2, 0) is 4.79 Å². The molecule has 0 atom stereocenters. The minimum absolute atomic E-state index is 0.0812. The summed E-state index contributed by atoms with van der Waals surface area (Å²) in [5, 5.41) is 15.5. The van der Waals surface area contributed by atoms with Gasteiger partial charge >= 0.3 is 0 Å². The van der Waals surface area contributed by atoms with Crippen LogP contribution >= 0.6 is 11.8 Å². The lowest BCUT2D eigenvalue weighted by Crippen LogP contribution is -2.50. The number of piperazine rings is 1. The zero-order valence-corrected chi connectivity index (χ0v) is 21.1. The topological polar surface area (TPSA) is 79.2 Å². The molecule has 1 amide bonds. The molecule has 5 rings (SSSR count). The molecule has 1 N–H and O–H groups in total. The number of aryl methyl sites for hydroxylation is 1. The molecule has 1 aliphatic heterocycles. The number of anilines is 2. The maximum atomic E-state index is 12.5. The first-order valence-corrected chi connectivity index (χ1v) is 13.5. The number of rotatable bonds is 7. The Kier molecular flexibility index (Phi) is 7.63. The number of hydrogen-bond donors (Lipinski definition) is 1. The number of benzene rings is 2. The van der Waals surface area contributed by atoms with Gasteiger partial charge in [0.1, 0.15) is 0 Å². The number of hydrogen-bond acceptors (Lipinski definition) is 7. The summed E-state index contributed by atoms with van der Waals surface area (Å²) in [5.74, 6) is 0.152. The summed E-state index contributed by atoms with van der Waals surface area (Å²) in [5.41, 5.74) is 4.07. The summed E-state index contributed by atoms with van der Waals surface area (Å²) >= 11 is 1.32. The first-order valence-electron chi connectivity index (χ1n) is 12.5. The number of nitrogens with one attached hydrogen (secondary N) is 1. The van der Waals surface area contributed by atoms with Gasteiger partial charge in [0.15, 0.2) is 0 Å². The van der Waals surface area contributed by atoms with Crippen molar-refractivity contribution in [2.75, 3.05) is 42.1 Å². The Morgan fingerprint density at radius 1 is 0.943 bits per heavy atom. The van der Waals surface area contributed by atoms with Gasteiger partial charge in [0.05, 0.1) is 11.4 Å². The van der Waals surface area contributed by atoms with Crippen molar-refractivity contribution in [2.24, 2.45) is 0 Å². The summed E-state index contributed by atoms with van der Waals surface area (Å²) in [6.45, 7) is 6.45. The van der Waals surface area contributed by atoms with Crippen molar-refractivity contribution in [3.63, 3.8) is 0 Å². The van der Waals surface area contributed by atoms with E-state index in [1.165, 1.54) is 55.1 Å². The number of carbonyl (C=O) groups is 1. The molecule has 2 fully saturated rings. The highest BCUT2D eigenvalue weighted by molar-refractivity contribution is 7.99. The predicted molar refractivity (Wildman–Crippen MR) is 140 cm³/mol. The molecule has 0 bridgehead atoms. The Morgan fingerprint density at radius 3 is 2.34 bits per heavy atom. The van der Waals surface area contributed by atoms with E-state index in [9.17, 15) is 4.79 Å². The summed E-state index contributed by atoms with van der Waals surface area (Å²) in [6, 6.07) is 16.9. The Bertz CT molecular complexity index is 1100. The van der Waals surface area contributed by atoms with Crippen LogP contribution in [0.2, 0.25) is 0 Å². The number of tetrazole rings is 1. The van der Waals surface area contributed by atoms with E-state index in [4.69, 9.17) is 0 Å². The van der Waals surface area contributed by atoms with Gasteiger partial charge in [-0.1, -0.05) is 48.7 Å². The van der Waals surface area contributed by atoms with Crippen LogP contribution in [0.25, 0.3) is 5.69 Å². The number of nitrogens with zero attached hydrogens (tertiary/aromatic N) is 6. The predicted octanol–water partition coefficient (Wildman–Crippen LogP) is 4.16. The normalized spacial score (nSPS) is 17.5. The molecule has 1 aliphatic carbocycles. The van der Waals surface area contributed by atoms with Gasteiger partial charge in [-0.2, -0.15) is 4.68 Å². The molecule has 3 aromatic rings. The molecular formula is C26H33N7OS. The number of carbonyl (C=O) groups excluding carboxylic acids is 1. The summed E-state index contributed by atoms with van der Waals surface area (Å²) in [4.78, 5) is 17.7. The largest absolute Gasteiger partial charge is 0.369 e. The van der Waals surface area contributed by atoms with Gasteiger partial charge in [-0.05, 0) is 66.6 Å². The molecular weight excluding hydrogens is 458 g/mol. The summed E-state index contributed by atoms with van der Waals surface area (Å²) < 4.78 is 1.65. The van der Waals surface area contributed by atoms with Crippen LogP contribution in [0.1, 0.15) is 37.7 Å². The van der Waals surface area contributed by atoms with Crippen molar-refractivity contribution in [3.8, 4) is 5.69 Å². The number of aromatic nitrogens is 4. The fourth-order valence-corrected chi connectivity index (χ4v) is 5.68. The van der Waals surface area contributed by atoms with Gasteiger partial charge in [0, 0.05) is 43.6 Å². The smallest absolute Gasteiger partial charge is 0.234 e. The van der Waals surface area contributed by atoms with Crippen LogP contribution in [0.4, 0.5) is 11.4 Å². The lowest BCUT2D eigenvalue weighted by atomic mass is 9.94. The highest BCUT2D eigenvalue weighted by Gasteiger charge is 2.25. The van der Waals surface area contributed by atoms with E-state index in [1.54, 1.807) is 4.68 Å². The van der Waals surface area contributed by atoms with Crippen LogP contribution in [0.5, 0.6) is 0 Å². The Hall–Kier alpha value is -2.91. The lowest BCUT2D eigenvalue weighted by molar-refractivity contribution is -0.113. The molecule has 1 saturated heterocycles. The second-order valence-electron chi connectivity index (χ2n) is 9.41. The van der Waals surface area contributed by atoms with Crippen LogP contribution in [0.3, 0.4) is 0 Å². The monoisotopic (exact) mass is 491 g/mol. The third-order valence-electron chi connectivity index (χ3n) is 6.97. The van der Waals surface area contributed by atoms with Gasteiger partial charge < -0.3 is 10.2 Å². The molecule has 2 heterocycles.